The minimum Gasteiger partial charge on any atom is -0.508 e. The summed E-state index contributed by atoms with van der Waals surface area (Å²) in [4.78, 5) is 12.6. The Morgan fingerprint density at radius 2 is 2.18 bits per heavy atom. The van der Waals surface area contributed by atoms with E-state index in [9.17, 15) is 9.90 Å². The Kier molecular flexibility index (Phi) is 3.57. The molecule has 0 unspecified atom stereocenters. The van der Waals surface area contributed by atoms with Gasteiger partial charge in [0.1, 0.15) is 5.75 Å². The van der Waals surface area contributed by atoms with Crippen molar-refractivity contribution < 1.29 is 9.90 Å². The lowest BCUT2D eigenvalue weighted by atomic mass is 10.3. The molecule has 1 heterocycles. The standard InChI is InChI=1S/C13H11NO2S/c15-11-4-1-3-10(9-11)14-13(16)7-6-12-5-2-8-17-12/h1-9,15H,(H,14,16)/b7-6+. The molecule has 0 bridgehead atoms. The molecule has 2 rings (SSSR count). The summed E-state index contributed by atoms with van der Waals surface area (Å²) in [6, 6.07) is 10.3. The molecule has 0 radical (unpaired) electrons. The molecule has 0 saturated heterocycles. The van der Waals surface area contributed by atoms with Crippen LogP contribution in [0.4, 0.5) is 5.69 Å². The summed E-state index contributed by atoms with van der Waals surface area (Å²) < 4.78 is 0. The van der Waals surface area contributed by atoms with Gasteiger partial charge in [0.2, 0.25) is 5.91 Å². The number of rotatable bonds is 3. The van der Waals surface area contributed by atoms with Gasteiger partial charge in [-0.1, -0.05) is 12.1 Å². The van der Waals surface area contributed by atoms with Crippen molar-refractivity contribution in [2.75, 3.05) is 5.32 Å². The van der Waals surface area contributed by atoms with Gasteiger partial charge in [0.15, 0.2) is 0 Å². The lowest BCUT2D eigenvalue weighted by Gasteiger charge is -2.01. The highest BCUT2D eigenvalue weighted by atomic mass is 32.1. The van der Waals surface area contributed by atoms with E-state index in [0.29, 0.717) is 5.69 Å². The van der Waals surface area contributed by atoms with Gasteiger partial charge in [-0.2, -0.15) is 0 Å². The summed E-state index contributed by atoms with van der Waals surface area (Å²) in [5.41, 5.74) is 0.575. The molecule has 0 fully saturated rings. The summed E-state index contributed by atoms with van der Waals surface area (Å²) in [5.74, 6) is -0.0889. The van der Waals surface area contributed by atoms with E-state index in [1.807, 2.05) is 17.5 Å². The second-order valence-electron chi connectivity index (χ2n) is 3.39. The fraction of sp³-hybridized carbons (Fsp3) is 0. The maximum atomic E-state index is 11.5. The highest BCUT2D eigenvalue weighted by molar-refractivity contribution is 7.10. The molecule has 4 heteroatoms. The first-order valence-electron chi connectivity index (χ1n) is 5.05. The average Bonchev–Trinajstić information content (AvgIpc) is 2.79. The van der Waals surface area contributed by atoms with E-state index in [2.05, 4.69) is 5.32 Å². The van der Waals surface area contributed by atoms with Crippen molar-refractivity contribution in [1.29, 1.82) is 0 Å². The zero-order valence-corrected chi connectivity index (χ0v) is 9.78. The largest absolute Gasteiger partial charge is 0.508 e. The van der Waals surface area contributed by atoms with E-state index in [-0.39, 0.29) is 11.7 Å². The Morgan fingerprint density at radius 1 is 1.29 bits per heavy atom. The molecular weight excluding hydrogens is 234 g/mol. The second kappa shape index (κ2) is 5.32. The number of thiophene rings is 1. The highest BCUT2D eigenvalue weighted by Gasteiger charge is 1.98. The summed E-state index contributed by atoms with van der Waals surface area (Å²) in [5, 5.41) is 13.9. The molecule has 3 nitrogen and oxygen atoms in total. The summed E-state index contributed by atoms with van der Waals surface area (Å²) in [7, 11) is 0. The molecule has 0 aliphatic carbocycles. The molecular formula is C13H11NO2S. The number of amides is 1. The molecule has 0 saturated carbocycles. The first-order chi connectivity index (χ1) is 8.24. The number of phenols is 1. The van der Waals surface area contributed by atoms with Crippen LogP contribution in [-0.2, 0) is 4.79 Å². The predicted molar refractivity (Wildman–Crippen MR) is 70.1 cm³/mol. The monoisotopic (exact) mass is 245 g/mol. The topological polar surface area (TPSA) is 49.3 Å². The van der Waals surface area contributed by atoms with E-state index in [0.717, 1.165) is 4.88 Å². The molecule has 17 heavy (non-hydrogen) atoms. The minimum atomic E-state index is -0.219. The van der Waals surface area contributed by atoms with E-state index in [1.54, 1.807) is 35.6 Å². The SMILES string of the molecule is O=C(/C=C/c1cccs1)Nc1cccc(O)c1. The van der Waals surface area contributed by atoms with Crippen molar-refractivity contribution in [1.82, 2.24) is 0 Å². The predicted octanol–water partition coefficient (Wildman–Crippen LogP) is 3.11. The molecule has 0 aliphatic rings. The molecule has 86 valence electrons. The van der Waals surface area contributed by atoms with Crippen LogP contribution in [0.3, 0.4) is 0 Å². The van der Waals surface area contributed by atoms with Crippen LogP contribution in [-0.4, -0.2) is 11.0 Å². The molecule has 1 aromatic carbocycles. The van der Waals surface area contributed by atoms with Crippen molar-refractivity contribution >= 4 is 29.0 Å². The van der Waals surface area contributed by atoms with Crippen LogP contribution in [0.1, 0.15) is 4.88 Å². The molecule has 1 aromatic heterocycles. The van der Waals surface area contributed by atoms with E-state index >= 15 is 0 Å². The van der Waals surface area contributed by atoms with Crippen LogP contribution in [0.25, 0.3) is 6.08 Å². The Labute approximate surface area is 103 Å². The van der Waals surface area contributed by atoms with Crippen molar-refractivity contribution in [2.45, 2.75) is 0 Å². The fourth-order valence-corrected chi connectivity index (χ4v) is 1.93. The second-order valence-corrected chi connectivity index (χ2v) is 4.37. The number of anilines is 1. The molecule has 2 aromatic rings. The van der Waals surface area contributed by atoms with Crippen LogP contribution in [0.2, 0.25) is 0 Å². The third-order valence-electron chi connectivity index (χ3n) is 2.06. The number of phenolic OH excluding ortho intramolecular Hbond substituents is 1. The zero-order chi connectivity index (χ0) is 12.1. The number of aromatic hydroxyl groups is 1. The summed E-state index contributed by atoms with van der Waals surface area (Å²) in [6.45, 7) is 0. The number of carbonyl (C=O) groups excluding carboxylic acids is 1. The molecule has 0 spiro atoms. The number of hydrogen-bond acceptors (Lipinski definition) is 3. The highest BCUT2D eigenvalue weighted by Crippen LogP contribution is 2.15. The van der Waals surface area contributed by atoms with Gasteiger partial charge in [0.05, 0.1) is 0 Å². The number of benzene rings is 1. The van der Waals surface area contributed by atoms with Crippen molar-refractivity contribution in [3.63, 3.8) is 0 Å². The van der Waals surface area contributed by atoms with Gasteiger partial charge in [0, 0.05) is 22.7 Å². The number of carbonyl (C=O) groups is 1. The van der Waals surface area contributed by atoms with Crippen LogP contribution in [0.15, 0.2) is 47.9 Å². The van der Waals surface area contributed by atoms with E-state index < -0.39 is 0 Å². The smallest absolute Gasteiger partial charge is 0.248 e. The molecule has 0 aliphatic heterocycles. The van der Waals surface area contributed by atoms with Crippen molar-refractivity contribution in [3.05, 3.63) is 52.7 Å². The molecule has 2 N–H and O–H groups in total. The van der Waals surface area contributed by atoms with Gasteiger partial charge in [-0.25, -0.2) is 0 Å². The third kappa shape index (κ3) is 3.46. The Bertz CT molecular complexity index is 532. The summed E-state index contributed by atoms with van der Waals surface area (Å²) in [6.07, 6.45) is 3.22. The number of nitrogens with one attached hydrogen (secondary N) is 1. The van der Waals surface area contributed by atoms with Crippen molar-refractivity contribution in [3.8, 4) is 5.75 Å². The first kappa shape index (κ1) is 11.4. The Morgan fingerprint density at radius 3 is 2.88 bits per heavy atom. The van der Waals surface area contributed by atoms with E-state index in [1.165, 1.54) is 12.1 Å². The van der Waals surface area contributed by atoms with Crippen LogP contribution in [0.5, 0.6) is 5.75 Å². The zero-order valence-electron chi connectivity index (χ0n) is 8.96. The van der Waals surface area contributed by atoms with Crippen LogP contribution in [0, 0.1) is 0 Å². The van der Waals surface area contributed by atoms with Gasteiger partial charge in [0.25, 0.3) is 0 Å². The lowest BCUT2D eigenvalue weighted by Crippen LogP contribution is -2.07. The van der Waals surface area contributed by atoms with Crippen molar-refractivity contribution in [2.24, 2.45) is 0 Å². The van der Waals surface area contributed by atoms with Crippen LogP contribution < -0.4 is 5.32 Å². The normalized spacial score (nSPS) is 10.6. The first-order valence-corrected chi connectivity index (χ1v) is 5.93. The average molecular weight is 245 g/mol. The number of hydrogen-bond donors (Lipinski definition) is 2. The van der Waals surface area contributed by atoms with E-state index in [4.69, 9.17) is 0 Å². The molecule has 0 atom stereocenters. The Balaban J connectivity index is 1.98. The maximum Gasteiger partial charge on any atom is 0.248 e. The fourth-order valence-electron chi connectivity index (χ4n) is 1.31. The quantitative estimate of drug-likeness (QED) is 0.816. The Hall–Kier alpha value is -2.07. The maximum absolute atomic E-state index is 11.5. The van der Waals surface area contributed by atoms with Gasteiger partial charge in [-0.15, -0.1) is 11.3 Å². The van der Waals surface area contributed by atoms with Gasteiger partial charge in [-0.3, -0.25) is 4.79 Å². The third-order valence-corrected chi connectivity index (χ3v) is 2.89. The molecule has 1 amide bonds. The minimum absolute atomic E-state index is 0.130. The van der Waals surface area contributed by atoms with Crippen LogP contribution >= 0.6 is 11.3 Å². The lowest BCUT2D eigenvalue weighted by molar-refractivity contribution is -0.111. The van der Waals surface area contributed by atoms with Gasteiger partial charge in [-0.05, 0) is 29.7 Å². The van der Waals surface area contributed by atoms with Gasteiger partial charge < -0.3 is 10.4 Å². The summed E-state index contributed by atoms with van der Waals surface area (Å²) >= 11 is 1.57. The van der Waals surface area contributed by atoms with Gasteiger partial charge >= 0.3 is 0 Å².